The SMILES string of the molecule is CC(C)(C)C1C2CCCC1CC2.CC(C)(C)N1CC2CCC1C2.CC(C)(C)N1CCC2CCC1CC2.CC(C)(C)N1CCC2CCCC(C2)C1.CC(C)N1C2CCCC1CC2.CC(C)N1CC2CCC1CC2.CC(C)N1CC2CCCC(CC2)C1.CC(C)N1CCC2CCCC1C2. The number of fused-ring (bicyclic) bond motifs is 20. The van der Waals surface area contributed by atoms with Gasteiger partial charge in [0.1, 0.15) is 0 Å². The van der Waals surface area contributed by atoms with Gasteiger partial charge in [-0.3, -0.25) is 29.4 Å². The largest absolute Gasteiger partial charge is 0.300 e. The van der Waals surface area contributed by atoms with Crippen LogP contribution in [0.3, 0.4) is 0 Å². The Balaban J connectivity index is 0.000000130. The minimum Gasteiger partial charge on any atom is -0.300 e. The first-order valence-electron chi connectivity index (χ1n) is 44.2. The van der Waals surface area contributed by atoms with Crippen molar-refractivity contribution in [3.63, 3.8) is 0 Å². The first-order chi connectivity index (χ1) is 45.9. The summed E-state index contributed by atoms with van der Waals surface area (Å²) in [5.41, 5.74) is 1.77. The Bertz CT molecular complexity index is 2150. The lowest BCUT2D eigenvalue weighted by molar-refractivity contribution is 0.0250. The third-order valence-corrected chi connectivity index (χ3v) is 29.7. The van der Waals surface area contributed by atoms with Crippen molar-refractivity contribution in [1.29, 1.82) is 0 Å². The summed E-state index contributed by atoms with van der Waals surface area (Å²) >= 11 is 0. The quantitative estimate of drug-likeness (QED) is 0.276. The Hall–Kier alpha value is -0.280. The van der Waals surface area contributed by atoms with Gasteiger partial charge in [0.25, 0.3) is 0 Å². The molecule has 18 fully saturated rings. The molecule has 0 N–H and O–H groups in total. The first-order valence-corrected chi connectivity index (χ1v) is 44.2. The van der Waals surface area contributed by atoms with Crippen LogP contribution in [0.2, 0.25) is 0 Å². The molecule has 18 aliphatic rings. The molecule has 0 amide bonds. The van der Waals surface area contributed by atoms with Crippen LogP contribution in [0.4, 0.5) is 0 Å². The molecule has 97 heavy (non-hydrogen) atoms. The molecule has 0 spiro atoms. The molecular weight excluding hydrogens is 1180 g/mol. The highest BCUT2D eigenvalue weighted by atomic mass is 15.3. The standard InChI is InChI=1S/C13H25N.2C12H23N.C12H22.C11H21N.3C10H19N/c1-13(2,3)14-8-7-11-5-4-6-12(9-11)10-14;1-12(2,3)13-9-8-10-4-6-11(13)7-5-10;1-10(2)13-8-11-4-3-5-12(9-13)7-6-11;1-12(2,3)11-9-5-4-6-10(11)8-7-9;1-9(2)12-7-6-10-4-3-5-11(12)8-10;1-10(2,3)11-7-8-4-5-9(11)6-8;1-8(2)11-7-9-3-5-10(11)6-4-9;1-8(2)11-9-4-3-5-10(11)7-6-9/h11-12H,4-10H2,1-3H3;10-11H,4-9H2,1-3H3;10-12H,3-9H2,1-2H3;9-11H,4-8H2,1-3H3;9-11H,3-8H2,1-2H3;8-9H,4-7H2,1-3H3;2*8-10H,3-7H2,1-2H3. The van der Waals surface area contributed by atoms with E-state index in [-0.39, 0.29) is 0 Å². The third-order valence-electron chi connectivity index (χ3n) is 29.7. The molecule has 0 aromatic carbocycles. The monoisotopic (exact) mass is 1350 g/mol. The normalized spacial score (nSPS) is 37.7. The number of likely N-dealkylation sites (tertiary alicyclic amines) is 4. The molecule has 18 rings (SSSR count). The average Bonchev–Trinajstić information content (AvgIpc) is 1.73. The van der Waals surface area contributed by atoms with E-state index in [0.29, 0.717) is 22.0 Å². The average molecular weight is 1350 g/mol. The van der Waals surface area contributed by atoms with E-state index in [1.54, 1.807) is 0 Å². The second-order valence-corrected chi connectivity index (χ2v) is 42.1. The van der Waals surface area contributed by atoms with E-state index in [9.17, 15) is 0 Å². The molecule has 0 radical (unpaired) electrons. The van der Waals surface area contributed by atoms with Gasteiger partial charge in [-0.15, -0.1) is 0 Å². The minimum absolute atomic E-state index is 0.386. The maximum Gasteiger partial charge on any atom is 0.0128 e. The maximum absolute atomic E-state index is 2.75. The molecule has 7 nitrogen and oxygen atoms in total. The van der Waals surface area contributed by atoms with Crippen molar-refractivity contribution in [1.82, 2.24) is 34.3 Å². The van der Waals surface area contributed by atoms with Gasteiger partial charge in [0, 0.05) is 110 Å². The Kier molecular flexibility index (Phi) is 30.7. The topological polar surface area (TPSA) is 22.7 Å². The smallest absolute Gasteiger partial charge is 0.0128 e. The molecule has 7 heteroatoms. The molecular formula is C90H171N7. The minimum atomic E-state index is 0.386. The molecule has 0 aromatic rings. The summed E-state index contributed by atoms with van der Waals surface area (Å²) in [6.45, 7) is 58.2. The van der Waals surface area contributed by atoms with E-state index in [2.05, 4.69) is 173 Å². The number of rotatable bonds is 4. The fraction of sp³-hybridized carbons (Fsp3) is 1.00. The maximum atomic E-state index is 2.75. The molecule has 8 saturated carbocycles. The summed E-state index contributed by atoms with van der Waals surface area (Å²) < 4.78 is 0. The lowest BCUT2D eigenvalue weighted by atomic mass is 9.66. The zero-order valence-electron chi connectivity index (χ0n) is 69.1. The van der Waals surface area contributed by atoms with E-state index in [1.165, 1.54) is 290 Å². The molecule has 10 saturated heterocycles. The Morgan fingerprint density at radius 2 is 0.680 bits per heavy atom. The van der Waals surface area contributed by atoms with E-state index in [0.717, 1.165) is 126 Å². The van der Waals surface area contributed by atoms with Crippen molar-refractivity contribution in [2.24, 2.45) is 70.5 Å². The van der Waals surface area contributed by atoms with Gasteiger partial charge in [-0.05, 0) is 388 Å². The molecule has 16 bridgehead atoms. The van der Waals surface area contributed by atoms with Crippen molar-refractivity contribution in [2.45, 2.75) is 453 Å². The number of hydrogen-bond acceptors (Lipinski definition) is 7. The van der Waals surface area contributed by atoms with E-state index in [4.69, 9.17) is 0 Å². The molecule has 10 heterocycles. The highest BCUT2D eigenvalue weighted by Crippen LogP contribution is 2.54. The molecule has 10 aliphatic heterocycles. The molecule has 12 unspecified atom stereocenters. The van der Waals surface area contributed by atoms with Gasteiger partial charge in [-0.2, -0.15) is 0 Å². The third kappa shape index (κ3) is 23.6. The summed E-state index contributed by atoms with van der Waals surface area (Å²) in [7, 11) is 0. The molecule has 0 aromatic heterocycles. The molecule has 566 valence electrons. The highest BCUT2D eigenvalue weighted by Gasteiger charge is 2.46. The summed E-state index contributed by atoms with van der Waals surface area (Å²) in [6, 6.07) is 8.73. The van der Waals surface area contributed by atoms with Gasteiger partial charge in [-0.25, -0.2) is 0 Å². The van der Waals surface area contributed by atoms with Crippen LogP contribution in [0.25, 0.3) is 0 Å². The Labute approximate surface area is 606 Å². The number of piperidine rings is 5. The lowest BCUT2D eigenvalue weighted by Gasteiger charge is -2.47. The fourth-order valence-electron chi connectivity index (χ4n) is 24.7. The second-order valence-electron chi connectivity index (χ2n) is 42.1. The summed E-state index contributed by atoms with van der Waals surface area (Å²) in [5.74, 6) is 11.6. The van der Waals surface area contributed by atoms with Crippen LogP contribution >= 0.6 is 0 Å². The van der Waals surface area contributed by atoms with Crippen molar-refractivity contribution < 1.29 is 0 Å². The predicted octanol–water partition coefficient (Wildman–Crippen LogP) is 22.7. The zero-order valence-corrected chi connectivity index (χ0v) is 69.1. The van der Waals surface area contributed by atoms with Gasteiger partial charge in [-0.1, -0.05) is 78.6 Å². The predicted molar refractivity (Wildman–Crippen MR) is 423 cm³/mol. The first kappa shape index (κ1) is 80.8. The van der Waals surface area contributed by atoms with Crippen molar-refractivity contribution in [3.8, 4) is 0 Å². The number of hydrogen-bond donors (Lipinski definition) is 0. The summed E-state index contributed by atoms with van der Waals surface area (Å²) in [4.78, 5) is 19.0. The van der Waals surface area contributed by atoms with E-state index in [1.807, 2.05) is 0 Å². The van der Waals surface area contributed by atoms with Crippen molar-refractivity contribution in [3.05, 3.63) is 0 Å². The van der Waals surface area contributed by atoms with Crippen LogP contribution < -0.4 is 0 Å². The number of nitrogens with zero attached hydrogens (tertiary/aromatic N) is 7. The van der Waals surface area contributed by atoms with Gasteiger partial charge in [0.2, 0.25) is 0 Å². The van der Waals surface area contributed by atoms with E-state index >= 15 is 0 Å². The van der Waals surface area contributed by atoms with Gasteiger partial charge in [0.05, 0.1) is 0 Å². The van der Waals surface area contributed by atoms with Crippen LogP contribution in [0.1, 0.15) is 376 Å². The Morgan fingerprint density at radius 1 is 0.258 bits per heavy atom. The lowest BCUT2D eigenvalue weighted by Crippen LogP contribution is -2.50. The van der Waals surface area contributed by atoms with Crippen LogP contribution in [-0.4, -0.2) is 164 Å². The van der Waals surface area contributed by atoms with Gasteiger partial charge < -0.3 is 4.90 Å². The molecule has 12 atom stereocenters. The van der Waals surface area contributed by atoms with Crippen molar-refractivity contribution in [2.75, 3.05) is 52.4 Å². The van der Waals surface area contributed by atoms with Crippen LogP contribution in [0, 0.1) is 70.5 Å². The van der Waals surface area contributed by atoms with Crippen LogP contribution in [0.15, 0.2) is 0 Å². The van der Waals surface area contributed by atoms with E-state index < -0.39 is 0 Å². The molecule has 8 aliphatic carbocycles. The zero-order chi connectivity index (χ0) is 70.0. The van der Waals surface area contributed by atoms with Crippen LogP contribution in [0.5, 0.6) is 0 Å². The van der Waals surface area contributed by atoms with Gasteiger partial charge >= 0.3 is 0 Å². The summed E-state index contributed by atoms with van der Waals surface area (Å²) in [6.07, 6.45) is 55.2. The summed E-state index contributed by atoms with van der Waals surface area (Å²) in [5, 5.41) is 0. The second kappa shape index (κ2) is 36.8. The van der Waals surface area contributed by atoms with Crippen LogP contribution in [-0.2, 0) is 0 Å². The van der Waals surface area contributed by atoms with Gasteiger partial charge in [0.15, 0.2) is 0 Å². The fourth-order valence-corrected chi connectivity index (χ4v) is 24.7. The Morgan fingerprint density at radius 3 is 1.13 bits per heavy atom. The van der Waals surface area contributed by atoms with Crippen molar-refractivity contribution >= 4 is 0 Å². The highest BCUT2D eigenvalue weighted by molar-refractivity contribution is 4.99.